The summed E-state index contributed by atoms with van der Waals surface area (Å²) in [6.07, 6.45) is 1.09. The van der Waals surface area contributed by atoms with Crippen LogP contribution in [0.1, 0.15) is 23.8 Å². The third kappa shape index (κ3) is 3.80. The fraction of sp³-hybridized carbons (Fsp3) is 0.571. The number of amides is 2. The molecule has 0 saturated carbocycles. The number of piperidine rings is 1. The van der Waals surface area contributed by atoms with Gasteiger partial charge in [0.25, 0.3) is 0 Å². The maximum Gasteiger partial charge on any atom is 0.224 e. The number of rotatable bonds is 5. The fourth-order valence-corrected chi connectivity index (χ4v) is 3.24. The lowest BCUT2D eigenvalue weighted by Gasteiger charge is -2.26. The number of likely N-dealkylation sites (N-methyl/N-ethyl adjacent to an activating group) is 1. The molecule has 6 heteroatoms. The van der Waals surface area contributed by atoms with Gasteiger partial charge in [-0.3, -0.25) is 9.59 Å². The maximum atomic E-state index is 12.1. The van der Waals surface area contributed by atoms with Crippen molar-refractivity contribution in [1.82, 2.24) is 15.5 Å². The molecule has 0 aliphatic carbocycles. The molecule has 1 aromatic rings. The van der Waals surface area contributed by atoms with Gasteiger partial charge in [0.05, 0.1) is 12.0 Å². The molecule has 1 saturated heterocycles. The van der Waals surface area contributed by atoms with Crippen LogP contribution in [-0.4, -0.2) is 43.9 Å². The third-order valence-corrected chi connectivity index (χ3v) is 4.57. The van der Waals surface area contributed by atoms with Crippen LogP contribution < -0.4 is 10.6 Å². The van der Waals surface area contributed by atoms with Crippen LogP contribution in [-0.2, 0) is 9.59 Å². The Balaban J connectivity index is 1.86. The Labute approximate surface area is 123 Å². The average Bonchev–Trinajstić information content (AvgIpc) is 2.93. The first-order chi connectivity index (χ1) is 9.58. The van der Waals surface area contributed by atoms with E-state index in [9.17, 15) is 9.59 Å². The smallest absolute Gasteiger partial charge is 0.224 e. The molecule has 1 fully saturated rings. The predicted molar refractivity (Wildman–Crippen MR) is 79.5 cm³/mol. The molecule has 20 heavy (non-hydrogen) atoms. The Bertz CT molecular complexity index is 449. The molecule has 1 aliphatic rings. The molecule has 1 aromatic heterocycles. The van der Waals surface area contributed by atoms with Gasteiger partial charge in [-0.1, -0.05) is 6.07 Å². The van der Waals surface area contributed by atoms with E-state index in [0.717, 1.165) is 0 Å². The van der Waals surface area contributed by atoms with Gasteiger partial charge in [0.15, 0.2) is 0 Å². The summed E-state index contributed by atoms with van der Waals surface area (Å²) in [7, 11) is 4.02. The van der Waals surface area contributed by atoms with Gasteiger partial charge in [0.2, 0.25) is 11.8 Å². The lowest BCUT2D eigenvalue weighted by molar-refractivity contribution is -0.129. The van der Waals surface area contributed by atoms with Crippen molar-refractivity contribution in [3.8, 4) is 0 Å². The summed E-state index contributed by atoms with van der Waals surface area (Å²) in [6.45, 7) is 1.05. The van der Waals surface area contributed by atoms with E-state index in [4.69, 9.17) is 0 Å². The van der Waals surface area contributed by atoms with Crippen molar-refractivity contribution in [2.45, 2.75) is 18.9 Å². The number of hydrogen-bond acceptors (Lipinski definition) is 4. The van der Waals surface area contributed by atoms with E-state index in [1.165, 1.54) is 4.88 Å². The standard InChI is InChI=1S/C14H21N3O2S/c1-17(2)11(12-4-3-7-20-12)9-16-14(19)10-5-6-13(18)15-8-10/h3-4,7,10-11H,5-6,8-9H2,1-2H3,(H,15,18)(H,16,19)/t10-,11-/m0/s1. The molecule has 2 rings (SSSR count). The normalized spacial score (nSPS) is 20.6. The van der Waals surface area contributed by atoms with E-state index >= 15 is 0 Å². The molecule has 2 heterocycles. The van der Waals surface area contributed by atoms with Crippen molar-refractivity contribution in [2.24, 2.45) is 5.92 Å². The molecular formula is C14H21N3O2S. The maximum absolute atomic E-state index is 12.1. The first kappa shape index (κ1) is 15.0. The second-order valence-corrected chi connectivity index (χ2v) is 6.26. The van der Waals surface area contributed by atoms with Crippen LogP contribution in [0.4, 0.5) is 0 Å². The number of carbonyl (C=O) groups is 2. The van der Waals surface area contributed by atoms with Crippen LogP contribution in [0.25, 0.3) is 0 Å². The third-order valence-electron chi connectivity index (χ3n) is 3.60. The van der Waals surface area contributed by atoms with Crippen LogP contribution in [0.5, 0.6) is 0 Å². The minimum absolute atomic E-state index is 0.0356. The molecule has 0 aromatic carbocycles. The van der Waals surface area contributed by atoms with Gasteiger partial charge < -0.3 is 15.5 Å². The Morgan fingerprint density at radius 3 is 2.95 bits per heavy atom. The zero-order valence-electron chi connectivity index (χ0n) is 11.9. The van der Waals surface area contributed by atoms with Crippen molar-refractivity contribution >= 4 is 23.2 Å². The highest BCUT2D eigenvalue weighted by Gasteiger charge is 2.25. The summed E-state index contributed by atoms with van der Waals surface area (Å²) in [5, 5.41) is 7.80. The average molecular weight is 295 g/mol. The first-order valence-electron chi connectivity index (χ1n) is 6.82. The molecular weight excluding hydrogens is 274 g/mol. The Morgan fingerprint density at radius 1 is 1.60 bits per heavy atom. The highest BCUT2D eigenvalue weighted by molar-refractivity contribution is 7.10. The van der Waals surface area contributed by atoms with E-state index in [0.29, 0.717) is 25.9 Å². The second-order valence-electron chi connectivity index (χ2n) is 5.28. The van der Waals surface area contributed by atoms with Crippen LogP contribution in [0, 0.1) is 5.92 Å². The van der Waals surface area contributed by atoms with E-state index in [1.54, 1.807) is 11.3 Å². The predicted octanol–water partition coefficient (Wildman–Crippen LogP) is 0.993. The van der Waals surface area contributed by atoms with Crippen molar-refractivity contribution < 1.29 is 9.59 Å². The molecule has 0 spiro atoms. The minimum atomic E-state index is -0.0983. The summed E-state index contributed by atoms with van der Waals surface area (Å²) in [4.78, 5) is 26.6. The van der Waals surface area contributed by atoms with Gasteiger partial charge in [-0.2, -0.15) is 0 Å². The van der Waals surface area contributed by atoms with Crippen LogP contribution in [0.3, 0.4) is 0 Å². The molecule has 0 unspecified atom stereocenters. The lowest BCUT2D eigenvalue weighted by Crippen LogP contribution is -2.44. The number of carbonyl (C=O) groups excluding carboxylic acids is 2. The van der Waals surface area contributed by atoms with Gasteiger partial charge in [-0.05, 0) is 32.0 Å². The Morgan fingerprint density at radius 2 is 2.40 bits per heavy atom. The Hall–Kier alpha value is -1.40. The van der Waals surface area contributed by atoms with Gasteiger partial charge in [0, 0.05) is 24.4 Å². The van der Waals surface area contributed by atoms with Gasteiger partial charge in [0.1, 0.15) is 0 Å². The van der Waals surface area contributed by atoms with Crippen molar-refractivity contribution in [1.29, 1.82) is 0 Å². The number of thiophene rings is 1. The molecule has 2 atom stereocenters. The molecule has 2 amide bonds. The monoisotopic (exact) mass is 295 g/mol. The van der Waals surface area contributed by atoms with Crippen LogP contribution in [0.15, 0.2) is 17.5 Å². The summed E-state index contributed by atoms with van der Waals surface area (Å²) in [5.41, 5.74) is 0. The van der Waals surface area contributed by atoms with Gasteiger partial charge in [-0.25, -0.2) is 0 Å². The van der Waals surface area contributed by atoms with Crippen molar-refractivity contribution in [3.05, 3.63) is 22.4 Å². The highest BCUT2D eigenvalue weighted by Crippen LogP contribution is 2.22. The first-order valence-corrected chi connectivity index (χ1v) is 7.70. The van der Waals surface area contributed by atoms with E-state index < -0.39 is 0 Å². The topological polar surface area (TPSA) is 61.4 Å². The Kier molecular flexibility index (Phi) is 5.14. The number of hydrogen-bond donors (Lipinski definition) is 2. The van der Waals surface area contributed by atoms with Crippen LogP contribution >= 0.6 is 11.3 Å². The van der Waals surface area contributed by atoms with Gasteiger partial charge >= 0.3 is 0 Å². The van der Waals surface area contributed by atoms with E-state index in [-0.39, 0.29) is 23.8 Å². The van der Waals surface area contributed by atoms with E-state index in [2.05, 4.69) is 21.6 Å². The zero-order chi connectivity index (χ0) is 14.5. The van der Waals surface area contributed by atoms with Crippen LogP contribution in [0.2, 0.25) is 0 Å². The molecule has 5 nitrogen and oxygen atoms in total. The zero-order valence-corrected chi connectivity index (χ0v) is 12.7. The molecule has 110 valence electrons. The van der Waals surface area contributed by atoms with Crippen molar-refractivity contribution in [3.63, 3.8) is 0 Å². The lowest BCUT2D eigenvalue weighted by atomic mass is 9.98. The molecule has 0 radical (unpaired) electrons. The molecule has 0 bridgehead atoms. The summed E-state index contributed by atoms with van der Waals surface area (Å²) >= 11 is 1.70. The number of nitrogens with zero attached hydrogens (tertiary/aromatic N) is 1. The summed E-state index contributed by atoms with van der Waals surface area (Å²) in [5.74, 6) is -0.0222. The SMILES string of the molecule is CN(C)[C@@H](CNC(=O)[C@H]1CCC(=O)NC1)c1cccs1. The fourth-order valence-electron chi connectivity index (χ4n) is 2.32. The number of nitrogens with one attached hydrogen (secondary N) is 2. The van der Waals surface area contributed by atoms with E-state index in [1.807, 2.05) is 25.5 Å². The van der Waals surface area contributed by atoms with Crippen molar-refractivity contribution in [2.75, 3.05) is 27.2 Å². The largest absolute Gasteiger partial charge is 0.355 e. The highest BCUT2D eigenvalue weighted by atomic mass is 32.1. The molecule has 1 aliphatic heterocycles. The summed E-state index contributed by atoms with van der Waals surface area (Å²) < 4.78 is 0. The molecule has 2 N–H and O–H groups in total. The minimum Gasteiger partial charge on any atom is -0.355 e. The summed E-state index contributed by atoms with van der Waals surface area (Å²) in [6, 6.07) is 4.30. The quantitative estimate of drug-likeness (QED) is 0.852. The van der Waals surface area contributed by atoms with Gasteiger partial charge in [-0.15, -0.1) is 11.3 Å². The second kappa shape index (κ2) is 6.85.